The molecule has 0 radical (unpaired) electrons. The number of halogens is 3. The average Bonchev–Trinajstić information content (AvgIpc) is 2.76. The zero-order valence-corrected chi connectivity index (χ0v) is 16.2. The summed E-state index contributed by atoms with van der Waals surface area (Å²) in [4.78, 5) is 31.8. The van der Waals surface area contributed by atoms with Gasteiger partial charge in [0.1, 0.15) is 5.69 Å². The predicted molar refractivity (Wildman–Crippen MR) is 105 cm³/mol. The molecule has 2 aromatic rings. The van der Waals surface area contributed by atoms with E-state index in [1.807, 2.05) is 18.2 Å². The first kappa shape index (κ1) is 21.6. The van der Waals surface area contributed by atoms with Crippen LogP contribution in [-0.4, -0.2) is 54.4 Å². The lowest BCUT2D eigenvalue weighted by atomic mass is 10.2. The van der Waals surface area contributed by atoms with E-state index < -0.39 is 17.6 Å². The van der Waals surface area contributed by atoms with Crippen molar-refractivity contribution < 1.29 is 22.8 Å². The smallest absolute Gasteiger partial charge is 0.369 e. The van der Waals surface area contributed by atoms with Gasteiger partial charge in [-0.15, -0.1) is 0 Å². The molecule has 160 valence electrons. The number of nitrogens with zero attached hydrogens (tertiary/aromatic N) is 3. The van der Waals surface area contributed by atoms with Crippen LogP contribution in [0, 0.1) is 0 Å². The number of nitrogens with one attached hydrogen (secondary N) is 2. The van der Waals surface area contributed by atoms with Crippen LogP contribution in [0.25, 0.3) is 0 Å². The van der Waals surface area contributed by atoms with Crippen molar-refractivity contribution in [2.45, 2.75) is 12.6 Å². The van der Waals surface area contributed by atoms with E-state index in [4.69, 9.17) is 0 Å². The lowest BCUT2D eigenvalue weighted by Crippen LogP contribution is -2.48. The Balaban J connectivity index is 1.36. The zero-order chi connectivity index (χ0) is 21.6. The van der Waals surface area contributed by atoms with E-state index >= 15 is 0 Å². The summed E-state index contributed by atoms with van der Waals surface area (Å²) in [6.45, 7) is 3.92. The van der Waals surface area contributed by atoms with Crippen LogP contribution < -0.4 is 15.8 Å². The summed E-state index contributed by atoms with van der Waals surface area (Å²) in [6.07, 6.45) is -3.76. The second-order valence-corrected chi connectivity index (χ2v) is 6.85. The van der Waals surface area contributed by atoms with Gasteiger partial charge in [0, 0.05) is 51.0 Å². The Labute approximate surface area is 171 Å². The molecule has 0 unspecified atom stereocenters. The van der Waals surface area contributed by atoms with Crippen molar-refractivity contribution >= 4 is 17.5 Å². The van der Waals surface area contributed by atoms with E-state index in [1.54, 1.807) is 0 Å². The van der Waals surface area contributed by atoms with Gasteiger partial charge in [0.2, 0.25) is 5.91 Å². The third-order valence-corrected chi connectivity index (χ3v) is 4.79. The van der Waals surface area contributed by atoms with Crippen LogP contribution >= 0.6 is 0 Å². The Morgan fingerprint density at radius 3 is 2.27 bits per heavy atom. The van der Waals surface area contributed by atoms with E-state index in [2.05, 4.69) is 37.8 Å². The van der Waals surface area contributed by atoms with Crippen LogP contribution in [0.1, 0.15) is 22.5 Å². The second-order valence-electron chi connectivity index (χ2n) is 6.85. The van der Waals surface area contributed by atoms with Gasteiger partial charge in [0.25, 0.3) is 5.91 Å². The molecular formula is C20H22F3N5O2. The number of rotatable bonds is 5. The lowest BCUT2D eigenvalue weighted by molar-refractivity contribution is -0.137. The maximum atomic E-state index is 12.5. The fourth-order valence-electron chi connectivity index (χ4n) is 3.08. The van der Waals surface area contributed by atoms with Crippen molar-refractivity contribution in [1.29, 1.82) is 0 Å². The number of hydrogen-bond donors (Lipinski definition) is 2. The molecule has 2 amide bonds. The standard InChI is InChI=1S/C20H22F3N5O2/c21-20(22,23)15-6-7-17(24-14-15)19(30)26-25-18(29)8-9-27-10-12-28(13-11-27)16-4-2-1-3-5-16/h1-7,14H,8-13H2,(H,25,29)(H,26,30). The third-order valence-electron chi connectivity index (χ3n) is 4.79. The number of amides is 2. The van der Waals surface area contributed by atoms with Crippen molar-refractivity contribution in [3.8, 4) is 0 Å². The Morgan fingerprint density at radius 2 is 1.67 bits per heavy atom. The molecule has 1 aromatic heterocycles. The van der Waals surface area contributed by atoms with Gasteiger partial charge in [-0.3, -0.25) is 30.3 Å². The largest absolute Gasteiger partial charge is 0.417 e. The number of para-hydroxylation sites is 1. The summed E-state index contributed by atoms with van der Waals surface area (Å²) in [5.74, 6) is -1.17. The van der Waals surface area contributed by atoms with E-state index in [9.17, 15) is 22.8 Å². The van der Waals surface area contributed by atoms with Gasteiger partial charge in [0.15, 0.2) is 0 Å². The summed E-state index contributed by atoms with van der Waals surface area (Å²) < 4.78 is 37.5. The summed E-state index contributed by atoms with van der Waals surface area (Å²) in [5, 5.41) is 0. The normalized spacial score (nSPS) is 15.0. The first-order valence-electron chi connectivity index (χ1n) is 9.48. The molecule has 2 heterocycles. The Bertz CT molecular complexity index is 851. The van der Waals surface area contributed by atoms with Crippen LogP contribution in [0.2, 0.25) is 0 Å². The highest BCUT2D eigenvalue weighted by Gasteiger charge is 2.31. The maximum absolute atomic E-state index is 12.5. The number of carbonyl (C=O) groups excluding carboxylic acids is 2. The molecule has 7 nitrogen and oxygen atoms in total. The van der Waals surface area contributed by atoms with Crippen molar-refractivity contribution in [3.05, 3.63) is 59.9 Å². The Hall–Kier alpha value is -3.14. The van der Waals surface area contributed by atoms with Crippen LogP contribution in [0.15, 0.2) is 48.7 Å². The minimum atomic E-state index is -4.52. The highest BCUT2D eigenvalue weighted by atomic mass is 19.4. The summed E-state index contributed by atoms with van der Waals surface area (Å²) >= 11 is 0. The molecule has 0 spiro atoms. The van der Waals surface area contributed by atoms with Gasteiger partial charge < -0.3 is 4.90 Å². The van der Waals surface area contributed by atoms with Gasteiger partial charge in [-0.05, 0) is 24.3 Å². The fourth-order valence-corrected chi connectivity index (χ4v) is 3.08. The van der Waals surface area contributed by atoms with Crippen molar-refractivity contribution in [2.75, 3.05) is 37.6 Å². The van der Waals surface area contributed by atoms with Gasteiger partial charge >= 0.3 is 6.18 Å². The Kier molecular flexibility index (Phi) is 6.88. The molecule has 1 saturated heterocycles. The number of piperazine rings is 1. The molecule has 2 N–H and O–H groups in total. The molecular weight excluding hydrogens is 399 g/mol. The van der Waals surface area contributed by atoms with Crippen LogP contribution in [0.4, 0.5) is 18.9 Å². The van der Waals surface area contributed by atoms with Crippen molar-refractivity contribution in [1.82, 2.24) is 20.7 Å². The molecule has 1 aliphatic rings. The topological polar surface area (TPSA) is 77.6 Å². The van der Waals surface area contributed by atoms with Gasteiger partial charge in [0.05, 0.1) is 5.56 Å². The first-order chi connectivity index (χ1) is 14.3. The van der Waals surface area contributed by atoms with E-state index in [0.717, 1.165) is 38.3 Å². The molecule has 0 bridgehead atoms. The number of alkyl halides is 3. The van der Waals surface area contributed by atoms with Gasteiger partial charge in [-0.2, -0.15) is 13.2 Å². The third kappa shape index (κ3) is 5.93. The SMILES string of the molecule is O=C(CCN1CCN(c2ccccc2)CC1)NNC(=O)c1ccc(C(F)(F)F)cn1. The molecule has 1 aliphatic heterocycles. The predicted octanol–water partition coefficient (Wildman–Crippen LogP) is 2.07. The number of aromatic nitrogens is 1. The highest BCUT2D eigenvalue weighted by Crippen LogP contribution is 2.28. The summed E-state index contributed by atoms with van der Waals surface area (Å²) in [6, 6.07) is 11.8. The average molecular weight is 421 g/mol. The number of carbonyl (C=O) groups is 2. The lowest BCUT2D eigenvalue weighted by Gasteiger charge is -2.36. The number of anilines is 1. The van der Waals surface area contributed by atoms with E-state index in [1.165, 1.54) is 5.69 Å². The molecule has 0 saturated carbocycles. The molecule has 3 rings (SSSR count). The number of hydrazine groups is 1. The molecule has 1 aromatic carbocycles. The zero-order valence-electron chi connectivity index (χ0n) is 16.2. The van der Waals surface area contributed by atoms with Crippen LogP contribution in [-0.2, 0) is 11.0 Å². The van der Waals surface area contributed by atoms with Crippen LogP contribution in [0.5, 0.6) is 0 Å². The van der Waals surface area contributed by atoms with Crippen molar-refractivity contribution in [3.63, 3.8) is 0 Å². The maximum Gasteiger partial charge on any atom is 0.417 e. The molecule has 0 aliphatic carbocycles. The first-order valence-corrected chi connectivity index (χ1v) is 9.48. The van der Waals surface area contributed by atoms with E-state index in [0.29, 0.717) is 12.7 Å². The minimum Gasteiger partial charge on any atom is -0.369 e. The fraction of sp³-hybridized carbons (Fsp3) is 0.350. The minimum absolute atomic E-state index is 0.187. The van der Waals surface area contributed by atoms with E-state index in [-0.39, 0.29) is 18.0 Å². The molecule has 30 heavy (non-hydrogen) atoms. The number of pyridine rings is 1. The molecule has 1 fully saturated rings. The number of benzene rings is 1. The van der Waals surface area contributed by atoms with Crippen LogP contribution in [0.3, 0.4) is 0 Å². The second kappa shape index (κ2) is 9.57. The quantitative estimate of drug-likeness (QED) is 0.723. The molecule has 0 atom stereocenters. The monoisotopic (exact) mass is 421 g/mol. The summed E-state index contributed by atoms with van der Waals surface area (Å²) in [7, 11) is 0. The Morgan fingerprint density at radius 1 is 0.967 bits per heavy atom. The van der Waals surface area contributed by atoms with Gasteiger partial charge in [-0.1, -0.05) is 18.2 Å². The number of hydrogen-bond acceptors (Lipinski definition) is 5. The van der Waals surface area contributed by atoms with Crippen molar-refractivity contribution in [2.24, 2.45) is 0 Å². The molecule has 10 heteroatoms. The summed E-state index contributed by atoms with van der Waals surface area (Å²) in [5.41, 5.74) is 4.43. The highest BCUT2D eigenvalue weighted by molar-refractivity contribution is 5.93. The van der Waals surface area contributed by atoms with Gasteiger partial charge in [-0.25, -0.2) is 0 Å².